The van der Waals surface area contributed by atoms with Gasteiger partial charge >= 0.3 is 6.03 Å². The lowest BCUT2D eigenvalue weighted by molar-refractivity contribution is 0.0434. The van der Waals surface area contributed by atoms with Crippen LogP contribution in [0.3, 0.4) is 0 Å². The molecule has 1 heterocycles. The van der Waals surface area contributed by atoms with Crippen molar-refractivity contribution in [2.45, 2.75) is 24.9 Å². The van der Waals surface area contributed by atoms with Gasteiger partial charge in [0.15, 0.2) is 0 Å². The molecule has 3 rings (SSSR count). The van der Waals surface area contributed by atoms with E-state index >= 15 is 0 Å². The molecule has 0 spiro atoms. The van der Waals surface area contributed by atoms with Crippen LogP contribution in [-0.4, -0.2) is 37.9 Å². The van der Waals surface area contributed by atoms with Crippen LogP contribution in [0.2, 0.25) is 10.0 Å². The van der Waals surface area contributed by atoms with Gasteiger partial charge in [-0.15, -0.1) is 0 Å². The number of halogens is 2. The standard InChI is InChI=1S/C20H23Cl2N3O2/c21-18-7-6-14(11-19(18)22)10-17-13-27-12-16(24-17)8-9-23-20(26)25-15-4-2-1-3-5-15/h1-7,11,16-17,24H,8-10,12-13H2,(H2,23,25,26). The van der Waals surface area contributed by atoms with Gasteiger partial charge in [-0.1, -0.05) is 47.5 Å². The first kappa shape index (κ1) is 20.0. The predicted molar refractivity (Wildman–Crippen MR) is 110 cm³/mol. The lowest BCUT2D eigenvalue weighted by Crippen LogP contribution is -2.50. The summed E-state index contributed by atoms with van der Waals surface area (Å²) in [5, 5.41) is 10.4. The van der Waals surface area contributed by atoms with Crippen LogP contribution < -0.4 is 16.0 Å². The highest BCUT2D eigenvalue weighted by molar-refractivity contribution is 6.42. The van der Waals surface area contributed by atoms with E-state index in [9.17, 15) is 4.79 Å². The number of ether oxygens (including phenoxy) is 1. The molecule has 1 aliphatic rings. The summed E-state index contributed by atoms with van der Waals surface area (Å²) in [6.07, 6.45) is 1.61. The summed E-state index contributed by atoms with van der Waals surface area (Å²) < 4.78 is 5.72. The first-order chi connectivity index (χ1) is 13.1. The average molecular weight is 408 g/mol. The van der Waals surface area contributed by atoms with Crippen molar-refractivity contribution >= 4 is 34.9 Å². The normalized spacial score (nSPS) is 19.5. The van der Waals surface area contributed by atoms with Gasteiger partial charge in [-0.2, -0.15) is 0 Å². The van der Waals surface area contributed by atoms with Crippen LogP contribution in [-0.2, 0) is 11.2 Å². The molecule has 3 N–H and O–H groups in total. The third kappa shape index (κ3) is 6.40. The fraction of sp³-hybridized carbons (Fsp3) is 0.350. The molecule has 27 heavy (non-hydrogen) atoms. The van der Waals surface area contributed by atoms with Crippen LogP contribution in [0.4, 0.5) is 10.5 Å². The Morgan fingerprint density at radius 3 is 2.63 bits per heavy atom. The molecule has 1 aliphatic heterocycles. The molecule has 2 atom stereocenters. The quantitative estimate of drug-likeness (QED) is 0.674. The smallest absolute Gasteiger partial charge is 0.319 e. The Morgan fingerprint density at radius 1 is 1.07 bits per heavy atom. The van der Waals surface area contributed by atoms with E-state index < -0.39 is 0 Å². The van der Waals surface area contributed by atoms with Crippen molar-refractivity contribution in [3.8, 4) is 0 Å². The molecule has 2 aromatic rings. The Hall–Kier alpha value is -1.79. The van der Waals surface area contributed by atoms with Gasteiger partial charge in [-0.3, -0.25) is 0 Å². The fourth-order valence-corrected chi connectivity index (χ4v) is 3.40. The highest BCUT2D eigenvalue weighted by atomic mass is 35.5. The van der Waals surface area contributed by atoms with Crippen LogP contribution in [0.25, 0.3) is 0 Å². The van der Waals surface area contributed by atoms with Crippen molar-refractivity contribution in [1.29, 1.82) is 0 Å². The number of carbonyl (C=O) groups excluding carboxylic acids is 1. The second-order valence-corrected chi connectivity index (χ2v) is 7.40. The third-order valence-corrected chi connectivity index (χ3v) is 5.12. The molecule has 1 fully saturated rings. The number of hydrogen-bond acceptors (Lipinski definition) is 3. The van der Waals surface area contributed by atoms with E-state index in [1.807, 2.05) is 48.5 Å². The molecule has 0 radical (unpaired) electrons. The molecule has 7 heteroatoms. The maximum Gasteiger partial charge on any atom is 0.319 e. The Kier molecular flexibility index (Phi) is 7.35. The number of morpholine rings is 1. The summed E-state index contributed by atoms with van der Waals surface area (Å²) in [4.78, 5) is 11.9. The van der Waals surface area contributed by atoms with Crippen LogP contribution in [0.5, 0.6) is 0 Å². The molecule has 2 aromatic carbocycles. The van der Waals surface area contributed by atoms with Crippen molar-refractivity contribution < 1.29 is 9.53 Å². The number of urea groups is 1. The van der Waals surface area contributed by atoms with E-state index in [0.29, 0.717) is 29.8 Å². The second-order valence-electron chi connectivity index (χ2n) is 6.59. The number of rotatable bonds is 6. The fourth-order valence-electron chi connectivity index (χ4n) is 3.07. The van der Waals surface area contributed by atoms with Gasteiger partial charge in [0.1, 0.15) is 0 Å². The van der Waals surface area contributed by atoms with Gasteiger partial charge in [-0.05, 0) is 42.7 Å². The van der Waals surface area contributed by atoms with E-state index in [4.69, 9.17) is 27.9 Å². The van der Waals surface area contributed by atoms with Crippen molar-refractivity contribution in [2.75, 3.05) is 25.1 Å². The van der Waals surface area contributed by atoms with E-state index in [0.717, 1.165) is 24.1 Å². The maximum atomic E-state index is 11.9. The van der Waals surface area contributed by atoms with Gasteiger partial charge < -0.3 is 20.7 Å². The van der Waals surface area contributed by atoms with Crippen molar-refractivity contribution in [2.24, 2.45) is 0 Å². The molecule has 2 amide bonds. The number of nitrogens with one attached hydrogen (secondary N) is 3. The van der Waals surface area contributed by atoms with Crippen LogP contribution >= 0.6 is 23.2 Å². The van der Waals surface area contributed by atoms with Crippen molar-refractivity contribution in [1.82, 2.24) is 10.6 Å². The topological polar surface area (TPSA) is 62.4 Å². The molecule has 0 aliphatic carbocycles. The van der Waals surface area contributed by atoms with E-state index in [2.05, 4.69) is 16.0 Å². The summed E-state index contributed by atoms with van der Waals surface area (Å²) >= 11 is 12.1. The Balaban J connectivity index is 1.40. The largest absolute Gasteiger partial charge is 0.378 e. The molecule has 144 valence electrons. The molecule has 0 aromatic heterocycles. The third-order valence-electron chi connectivity index (χ3n) is 4.39. The predicted octanol–water partition coefficient (Wildman–Crippen LogP) is 4.10. The zero-order valence-corrected chi connectivity index (χ0v) is 16.4. The lowest BCUT2D eigenvalue weighted by atomic mass is 10.0. The Morgan fingerprint density at radius 2 is 1.85 bits per heavy atom. The minimum absolute atomic E-state index is 0.198. The lowest BCUT2D eigenvalue weighted by Gasteiger charge is -2.31. The summed E-state index contributed by atoms with van der Waals surface area (Å²) in [6, 6.07) is 15.3. The zero-order chi connectivity index (χ0) is 19.1. The number of para-hydroxylation sites is 1. The Bertz CT molecular complexity index is 758. The minimum Gasteiger partial charge on any atom is -0.378 e. The minimum atomic E-state index is -0.203. The summed E-state index contributed by atoms with van der Waals surface area (Å²) in [7, 11) is 0. The Labute approximate surface area is 169 Å². The maximum absolute atomic E-state index is 11.9. The molecule has 0 saturated carbocycles. The second kappa shape index (κ2) is 9.95. The van der Waals surface area contributed by atoms with E-state index in [-0.39, 0.29) is 18.1 Å². The zero-order valence-electron chi connectivity index (χ0n) is 14.9. The van der Waals surface area contributed by atoms with E-state index in [1.165, 1.54) is 0 Å². The van der Waals surface area contributed by atoms with Gasteiger partial charge in [0.25, 0.3) is 0 Å². The van der Waals surface area contributed by atoms with Gasteiger partial charge in [0.2, 0.25) is 0 Å². The number of benzene rings is 2. The van der Waals surface area contributed by atoms with Crippen molar-refractivity contribution in [3.63, 3.8) is 0 Å². The highest BCUT2D eigenvalue weighted by Crippen LogP contribution is 2.23. The molecule has 0 bridgehead atoms. The van der Waals surface area contributed by atoms with Gasteiger partial charge in [0, 0.05) is 24.3 Å². The van der Waals surface area contributed by atoms with Crippen molar-refractivity contribution in [3.05, 3.63) is 64.1 Å². The van der Waals surface area contributed by atoms with Gasteiger partial charge in [0.05, 0.1) is 23.3 Å². The van der Waals surface area contributed by atoms with Crippen LogP contribution in [0.15, 0.2) is 48.5 Å². The molecular formula is C20H23Cl2N3O2. The molecular weight excluding hydrogens is 385 g/mol. The van der Waals surface area contributed by atoms with Crippen LogP contribution in [0.1, 0.15) is 12.0 Å². The van der Waals surface area contributed by atoms with Crippen LogP contribution in [0, 0.1) is 0 Å². The highest BCUT2D eigenvalue weighted by Gasteiger charge is 2.22. The SMILES string of the molecule is O=C(NCCC1COCC(Cc2ccc(Cl)c(Cl)c2)N1)Nc1ccccc1. The molecule has 1 saturated heterocycles. The average Bonchev–Trinajstić information content (AvgIpc) is 2.66. The van der Waals surface area contributed by atoms with E-state index in [1.54, 1.807) is 0 Å². The molecule has 5 nitrogen and oxygen atoms in total. The first-order valence-electron chi connectivity index (χ1n) is 8.98. The molecule has 2 unspecified atom stereocenters. The van der Waals surface area contributed by atoms with Gasteiger partial charge in [-0.25, -0.2) is 4.79 Å². The summed E-state index contributed by atoms with van der Waals surface area (Å²) in [5.41, 5.74) is 1.89. The number of hydrogen-bond donors (Lipinski definition) is 3. The first-order valence-corrected chi connectivity index (χ1v) is 9.73. The monoisotopic (exact) mass is 407 g/mol. The number of carbonyl (C=O) groups is 1. The number of amides is 2. The summed E-state index contributed by atoms with van der Waals surface area (Å²) in [5.74, 6) is 0. The summed E-state index contributed by atoms with van der Waals surface area (Å²) in [6.45, 7) is 1.86. The number of anilines is 1.